The zero-order chi connectivity index (χ0) is 10.7. The summed E-state index contributed by atoms with van der Waals surface area (Å²) in [5, 5.41) is 10.6. The van der Waals surface area contributed by atoms with E-state index in [1.807, 2.05) is 0 Å². The molecule has 0 N–H and O–H groups in total. The number of non-ortho nitro benzene ring substituents is 1. The molecule has 0 aliphatic heterocycles. The normalized spacial score (nSPS) is 9.86. The summed E-state index contributed by atoms with van der Waals surface area (Å²) >= 11 is 6.11. The van der Waals surface area contributed by atoms with E-state index < -0.39 is 4.92 Å². The van der Waals surface area contributed by atoms with Crippen molar-refractivity contribution in [1.29, 1.82) is 0 Å². The molecule has 0 atom stereocenters. The number of nitro groups is 1. The Labute approximate surface area is 96.7 Å². The van der Waals surface area contributed by atoms with Crippen molar-refractivity contribution in [2.75, 3.05) is 5.33 Å². The summed E-state index contributed by atoms with van der Waals surface area (Å²) in [5.41, 5.74) is 0.228. The molecule has 0 aromatic heterocycles. The van der Waals surface area contributed by atoms with Gasteiger partial charge in [-0.15, -0.1) is 0 Å². The number of nitro benzene ring substituents is 1. The first-order valence-corrected chi connectivity index (χ1v) is 5.50. The number of alkyl halides is 1. The van der Waals surface area contributed by atoms with Crippen LogP contribution in [0.2, 0.25) is 0 Å². The van der Waals surface area contributed by atoms with Gasteiger partial charge in [0.15, 0.2) is 5.78 Å². The zero-order valence-electron chi connectivity index (χ0n) is 6.87. The van der Waals surface area contributed by atoms with Crippen LogP contribution in [0.15, 0.2) is 22.7 Å². The van der Waals surface area contributed by atoms with Gasteiger partial charge in [0.2, 0.25) is 0 Å². The molecule has 6 heteroatoms. The number of hydrogen-bond donors (Lipinski definition) is 0. The van der Waals surface area contributed by atoms with E-state index in [0.717, 1.165) is 0 Å². The summed E-state index contributed by atoms with van der Waals surface area (Å²) in [4.78, 5) is 21.2. The van der Waals surface area contributed by atoms with Gasteiger partial charge in [0, 0.05) is 22.2 Å². The lowest BCUT2D eigenvalue weighted by atomic mass is 10.1. The molecule has 0 aliphatic rings. The number of ketones is 1. The summed E-state index contributed by atoms with van der Waals surface area (Å²) in [6, 6.07) is 4.16. The van der Waals surface area contributed by atoms with Crippen molar-refractivity contribution in [3.8, 4) is 0 Å². The minimum atomic E-state index is -0.532. The van der Waals surface area contributed by atoms with E-state index in [0.29, 0.717) is 10.0 Å². The van der Waals surface area contributed by atoms with E-state index in [1.54, 1.807) is 6.07 Å². The monoisotopic (exact) mass is 321 g/mol. The number of benzene rings is 1. The van der Waals surface area contributed by atoms with Crippen molar-refractivity contribution >= 4 is 43.3 Å². The predicted octanol–water partition coefficient (Wildman–Crippen LogP) is 2.93. The van der Waals surface area contributed by atoms with Gasteiger partial charge < -0.3 is 0 Å². The third-order valence-corrected chi connectivity index (χ3v) is 2.50. The lowest BCUT2D eigenvalue weighted by Crippen LogP contribution is -2.01. The van der Waals surface area contributed by atoms with Gasteiger partial charge in [-0.05, 0) is 6.07 Å². The molecule has 0 spiro atoms. The van der Waals surface area contributed by atoms with Crippen LogP contribution in [0.3, 0.4) is 0 Å². The third-order valence-electron chi connectivity index (χ3n) is 1.54. The largest absolute Gasteiger partial charge is 0.293 e. The highest BCUT2D eigenvalue weighted by Crippen LogP contribution is 2.21. The van der Waals surface area contributed by atoms with Gasteiger partial charge in [-0.25, -0.2) is 0 Å². The van der Waals surface area contributed by atoms with Crippen LogP contribution in [0.5, 0.6) is 0 Å². The fourth-order valence-corrected chi connectivity index (χ4v) is 1.72. The highest BCUT2D eigenvalue weighted by atomic mass is 79.9. The standard InChI is InChI=1S/C8H5Br2NO3/c9-4-8(12)5-1-6(10)3-7(2-5)11(13)14/h1-3H,4H2. The summed E-state index contributed by atoms with van der Waals surface area (Å²) in [6.45, 7) is 0. The van der Waals surface area contributed by atoms with Gasteiger partial charge in [-0.1, -0.05) is 31.9 Å². The molecule has 0 aliphatic carbocycles. The van der Waals surface area contributed by atoms with E-state index in [-0.39, 0.29) is 16.8 Å². The summed E-state index contributed by atoms with van der Waals surface area (Å²) < 4.78 is 0.524. The Kier molecular flexibility index (Phi) is 3.77. The maximum absolute atomic E-state index is 11.3. The zero-order valence-corrected chi connectivity index (χ0v) is 10.0. The second kappa shape index (κ2) is 4.65. The Morgan fingerprint density at radius 3 is 2.57 bits per heavy atom. The molecule has 14 heavy (non-hydrogen) atoms. The number of rotatable bonds is 3. The van der Waals surface area contributed by atoms with Gasteiger partial charge in [-0.2, -0.15) is 0 Å². The summed E-state index contributed by atoms with van der Waals surface area (Å²) in [5.74, 6) is -0.186. The minimum absolute atomic E-state index is 0.0938. The molecular weight excluding hydrogens is 318 g/mol. The van der Waals surface area contributed by atoms with Crippen LogP contribution in [-0.4, -0.2) is 16.0 Å². The summed E-state index contributed by atoms with van der Waals surface area (Å²) in [7, 11) is 0. The topological polar surface area (TPSA) is 60.2 Å². The van der Waals surface area contributed by atoms with Gasteiger partial charge in [0.1, 0.15) is 0 Å². The SMILES string of the molecule is O=C(CBr)c1cc(Br)cc([N+](=O)[O-])c1. The lowest BCUT2D eigenvalue weighted by Gasteiger charge is -1.98. The van der Waals surface area contributed by atoms with Crippen molar-refractivity contribution in [2.45, 2.75) is 0 Å². The number of carbonyl (C=O) groups is 1. The van der Waals surface area contributed by atoms with Crippen molar-refractivity contribution in [1.82, 2.24) is 0 Å². The molecule has 0 amide bonds. The highest BCUT2D eigenvalue weighted by Gasteiger charge is 2.12. The van der Waals surface area contributed by atoms with Crippen LogP contribution < -0.4 is 0 Å². The van der Waals surface area contributed by atoms with Crippen LogP contribution >= 0.6 is 31.9 Å². The van der Waals surface area contributed by atoms with Crippen LogP contribution in [0.1, 0.15) is 10.4 Å². The molecule has 0 heterocycles. The summed E-state index contributed by atoms with van der Waals surface area (Å²) in [6.07, 6.45) is 0. The molecule has 0 fully saturated rings. The van der Waals surface area contributed by atoms with E-state index in [2.05, 4.69) is 31.9 Å². The Balaban J connectivity index is 3.20. The van der Waals surface area contributed by atoms with Crippen LogP contribution in [-0.2, 0) is 0 Å². The molecule has 0 unspecified atom stereocenters. The first-order valence-electron chi connectivity index (χ1n) is 3.58. The lowest BCUT2D eigenvalue weighted by molar-refractivity contribution is -0.384. The first-order chi connectivity index (χ1) is 6.54. The molecule has 0 saturated heterocycles. The van der Waals surface area contributed by atoms with E-state index >= 15 is 0 Å². The van der Waals surface area contributed by atoms with Crippen molar-refractivity contribution in [3.63, 3.8) is 0 Å². The number of hydrogen-bond acceptors (Lipinski definition) is 3. The Morgan fingerprint density at radius 1 is 1.43 bits per heavy atom. The van der Waals surface area contributed by atoms with Gasteiger partial charge in [-0.3, -0.25) is 14.9 Å². The smallest absolute Gasteiger partial charge is 0.271 e. The first kappa shape index (κ1) is 11.3. The highest BCUT2D eigenvalue weighted by molar-refractivity contribution is 9.10. The van der Waals surface area contributed by atoms with Crippen LogP contribution in [0.4, 0.5) is 5.69 Å². The minimum Gasteiger partial charge on any atom is -0.293 e. The number of carbonyl (C=O) groups excluding carboxylic acids is 1. The molecule has 0 radical (unpaired) electrons. The molecule has 0 saturated carbocycles. The molecule has 4 nitrogen and oxygen atoms in total. The second-order valence-electron chi connectivity index (χ2n) is 2.51. The van der Waals surface area contributed by atoms with E-state index in [1.165, 1.54) is 12.1 Å². The number of halogens is 2. The van der Waals surface area contributed by atoms with E-state index in [9.17, 15) is 14.9 Å². The Morgan fingerprint density at radius 2 is 2.07 bits per heavy atom. The fourth-order valence-electron chi connectivity index (χ4n) is 0.918. The van der Waals surface area contributed by atoms with E-state index in [4.69, 9.17) is 0 Å². The maximum Gasteiger partial charge on any atom is 0.271 e. The van der Waals surface area contributed by atoms with Crippen LogP contribution in [0.25, 0.3) is 0 Å². The molecule has 74 valence electrons. The van der Waals surface area contributed by atoms with Crippen molar-refractivity contribution in [2.24, 2.45) is 0 Å². The second-order valence-corrected chi connectivity index (χ2v) is 3.99. The van der Waals surface area contributed by atoms with Gasteiger partial charge >= 0.3 is 0 Å². The molecular formula is C8H5Br2NO3. The fraction of sp³-hybridized carbons (Fsp3) is 0.125. The van der Waals surface area contributed by atoms with Gasteiger partial charge in [0.05, 0.1) is 10.3 Å². The number of nitrogens with zero attached hydrogens (tertiary/aromatic N) is 1. The predicted molar refractivity (Wildman–Crippen MR) is 58.9 cm³/mol. The van der Waals surface area contributed by atoms with Crippen LogP contribution in [0, 0.1) is 10.1 Å². The van der Waals surface area contributed by atoms with Gasteiger partial charge in [0.25, 0.3) is 5.69 Å². The Hall–Kier alpha value is -0.750. The average molecular weight is 323 g/mol. The third kappa shape index (κ3) is 2.62. The Bertz CT molecular complexity index is 392. The molecule has 1 rings (SSSR count). The molecule has 1 aromatic carbocycles. The number of Topliss-reactive ketones (excluding diaryl/α,β-unsaturated/α-hetero) is 1. The quantitative estimate of drug-likeness (QED) is 0.372. The molecule has 0 bridgehead atoms. The molecule has 1 aromatic rings. The maximum atomic E-state index is 11.3. The average Bonchev–Trinajstić information content (AvgIpc) is 2.15. The van der Waals surface area contributed by atoms with Crippen molar-refractivity contribution < 1.29 is 9.72 Å². The van der Waals surface area contributed by atoms with Crippen molar-refractivity contribution in [3.05, 3.63) is 38.3 Å².